The first kappa shape index (κ1) is 13.9. The molecule has 0 aliphatic heterocycles. The van der Waals surface area contributed by atoms with Gasteiger partial charge in [0.05, 0.1) is 6.04 Å². The van der Waals surface area contributed by atoms with Crippen LogP contribution in [-0.4, -0.2) is 16.7 Å². The Hall–Kier alpha value is -0.490. The van der Waals surface area contributed by atoms with Crippen molar-refractivity contribution >= 4 is 38.9 Å². The topological polar surface area (TPSA) is 37.8 Å². The maximum absolute atomic E-state index is 5.93. The first-order chi connectivity index (χ1) is 8.61. The van der Waals surface area contributed by atoms with Gasteiger partial charge in [-0.3, -0.25) is 0 Å². The van der Waals surface area contributed by atoms with Crippen molar-refractivity contribution in [3.63, 3.8) is 0 Å². The number of hydrogen-bond donors (Lipinski definition) is 1. The number of aromatic nitrogens is 2. The second-order valence-corrected chi connectivity index (χ2v) is 6.15. The SMILES string of the molecule is CCNC(C)c1nnc(-c2ccc(Cl)cc2Br)s1. The zero-order chi connectivity index (χ0) is 13.1. The predicted octanol–water partition coefficient (Wildman–Crippen LogP) is 4.29. The van der Waals surface area contributed by atoms with Crippen LogP contribution < -0.4 is 5.32 Å². The van der Waals surface area contributed by atoms with E-state index in [4.69, 9.17) is 11.6 Å². The molecule has 2 aromatic rings. The van der Waals surface area contributed by atoms with Gasteiger partial charge in [-0.25, -0.2) is 0 Å². The molecule has 0 saturated heterocycles. The smallest absolute Gasteiger partial charge is 0.148 e. The van der Waals surface area contributed by atoms with Gasteiger partial charge in [0, 0.05) is 15.1 Å². The van der Waals surface area contributed by atoms with Crippen LogP contribution in [0, 0.1) is 0 Å². The molecule has 0 fully saturated rings. The van der Waals surface area contributed by atoms with Crippen molar-refractivity contribution in [2.75, 3.05) is 6.54 Å². The summed E-state index contributed by atoms with van der Waals surface area (Å²) in [5.41, 5.74) is 1.02. The summed E-state index contributed by atoms with van der Waals surface area (Å²) < 4.78 is 0.939. The van der Waals surface area contributed by atoms with Crippen molar-refractivity contribution in [1.29, 1.82) is 0 Å². The normalized spacial score (nSPS) is 12.7. The molecule has 1 heterocycles. The maximum Gasteiger partial charge on any atom is 0.148 e. The van der Waals surface area contributed by atoms with E-state index in [1.807, 2.05) is 18.2 Å². The maximum atomic E-state index is 5.93. The molecule has 18 heavy (non-hydrogen) atoms. The van der Waals surface area contributed by atoms with Crippen molar-refractivity contribution < 1.29 is 0 Å². The number of rotatable bonds is 4. The van der Waals surface area contributed by atoms with Gasteiger partial charge < -0.3 is 5.32 Å². The molecular weight excluding hydrogens is 334 g/mol. The molecule has 0 bridgehead atoms. The first-order valence-electron chi connectivity index (χ1n) is 5.64. The Kier molecular flexibility index (Phi) is 4.72. The van der Waals surface area contributed by atoms with E-state index in [0.29, 0.717) is 5.02 Å². The van der Waals surface area contributed by atoms with Crippen LogP contribution in [0.1, 0.15) is 24.9 Å². The van der Waals surface area contributed by atoms with Crippen LogP contribution in [0.4, 0.5) is 0 Å². The molecule has 6 heteroatoms. The molecule has 96 valence electrons. The van der Waals surface area contributed by atoms with Gasteiger partial charge >= 0.3 is 0 Å². The average Bonchev–Trinajstić information content (AvgIpc) is 2.78. The lowest BCUT2D eigenvalue weighted by Gasteiger charge is -2.06. The Bertz CT molecular complexity index is 544. The van der Waals surface area contributed by atoms with E-state index >= 15 is 0 Å². The third kappa shape index (κ3) is 3.09. The van der Waals surface area contributed by atoms with Crippen LogP contribution in [0.25, 0.3) is 10.6 Å². The first-order valence-corrected chi connectivity index (χ1v) is 7.62. The van der Waals surface area contributed by atoms with Crippen molar-refractivity contribution in [1.82, 2.24) is 15.5 Å². The molecule has 0 radical (unpaired) electrons. The fourth-order valence-electron chi connectivity index (χ4n) is 1.57. The van der Waals surface area contributed by atoms with E-state index in [-0.39, 0.29) is 6.04 Å². The van der Waals surface area contributed by atoms with Gasteiger partial charge in [-0.05, 0) is 31.7 Å². The van der Waals surface area contributed by atoms with Crippen LogP contribution in [0.3, 0.4) is 0 Å². The van der Waals surface area contributed by atoms with E-state index in [1.165, 1.54) is 0 Å². The Morgan fingerprint density at radius 1 is 1.44 bits per heavy atom. The van der Waals surface area contributed by atoms with E-state index < -0.39 is 0 Å². The van der Waals surface area contributed by atoms with E-state index in [9.17, 15) is 0 Å². The summed E-state index contributed by atoms with van der Waals surface area (Å²) in [6.07, 6.45) is 0. The molecule has 1 aromatic heterocycles. The highest BCUT2D eigenvalue weighted by molar-refractivity contribution is 9.10. The van der Waals surface area contributed by atoms with Crippen LogP contribution in [-0.2, 0) is 0 Å². The Labute approximate surface area is 124 Å². The van der Waals surface area contributed by atoms with Gasteiger partial charge in [0.2, 0.25) is 0 Å². The summed E-state index contributed by atoms with van der Waals surface area (Å²) in [6, 6.07) is 5.91. The Balaban J connectivity index is 2.29. The molecule has 1 unspecified atom stereocenters. The van der Waals surface area contributed by atoms with Crippen LogP contribution in [0.15, 0.2) is 22.7 Å². The largest absolute Gasteiger partial charge is 0.308 e. The van der Waals surface area contributed by atoms with Crippen LogP contribution in [0.2, 0.25) is 5.02 Å². The zero-order valence-electron chi connectivity index (χ0n) is 10.1. The Morgan fingerprint density at radius 2 is 2.22 bits per heavy atom. The summed E-state index contributed by atoms with van der Waals surface area (Å²) in [7, 11) is 0. The molecule has 1 aromatic carbocycles. The second kappa shape index (κ2) is 6.10. The highest BCUT2D eigenvalue weighted by Gasteiger charge is 2.13. The summed E-state index contributed by atoms with van der Waals surface area (Å²) in [6.45, 7) is 5.08. The van der Waals surface area contributed by atoms with Crippen molar-refractivity contribution in [2.24, 2.45) is 0 Å². The number of nitrogens with zero attached hydrogens (tertiary/aromatic N) is 2. The standard InChI is InChI=1S/C12H13BrClN3S/c1-3-15-7(2)11-16-17-12(18-11)9-5-4-8(14)6-10(9)13/h4-7,15H,3H2,1-2H3. The van der Waals surface area contributed by atoms with Gasteiger partial charge in [0.1, 0.15) is 10.0 Å². The monoisotopic (exact) mass is 345 g/mol. The third-order valence-corrected chi connectivity index (χ3v) is 4.51. The summed E-state index contributed by atoms with van der Waals surface area (Å²) in [5, 5.41) is 14.4. The van der Waals surface area contributed by atoms with Gasteiger partial charge in [0.15, 0.2) is 0 Å². The summed E-state index contributed by atoms with van der Waals surface area (Å²) >= 11 is 11.0. The Morgan fingerprint density at radius 3 is 2.89 bits per heavy atom. The van der Waals surface area contributed by atoms with Gasteiger partial charge in [-0.15, -0.1) is 10.2 Å². The molecule has 3 nitrogen and oxygen atoms in total. The lowest BCUT2D eigenvalue weighted by Crippen LogP contribution is -2.17. The summed E-state index contributed by atoms with van der Waals surface area (Å²) in [4.78, 5) is 0. The molecule has 2 rings (SSSR count). The molecular formula is C12H13BrClN3S. The zero-order valence-corrected chi connectivity index (χ0v) is 13.2. The fourth-order valence-corrected chi connectivity index (χ4v) is 3.49. The molecule has 0 spiro atoms. The third-order valence-electron chi connectivity index (χ3n) is 2.48. The van der Waals surface area contributed by atoms with Crippen molar-refractivity contribution in [3.05, 3.63) is 32.7 Å². The fraction of sp³-hybridized carbons (Fsp3) is 0.333. The van der Waals surface area contributed by atoms with Gasteiger partial charge in [-0.2, -0.15) is 0 Å². The molecule has 1 N–H and O–H groups in total. The van der Waals surface area contributed by atoms with Crippen LogP contribution >= 0.6 is 38.9 Å². The minimum Gasteiger partial charge on any atom is -0.308 e. The summed E-state index contributed by atoms with van der Waals surface area (Å²) in [5.74, 6) is 0. The quantitative estimate of drug-likeness (QED) is 0.897. The number of hydrogen-bond acceptors (Lipinski definition) is 4. The van der Waals surface area contributed by atoms with Crippen molar-refractivity contribution in [2.45, 2.75) is 19.9 Å². The predicted molar refractivity (Wildman–Crippen MR) is 80.1 cm³/mol. The number of benzene rings is 1. The van der Waals surface area contributed by atoms with E-state index in [1.54, 1.807) is 11.3 Å². The molecule has 1 atom stereocenters. The minimum atomic E-state index is 0.229. The van der Waals surface area contributed by atoms with E-state index in [0.717, 1.165) is 26.6 Å². The highest BCUT2D eigenvalue weighted by atomic mass is 79.9. The molecule has 0 saturated carbocycles. The molecule has 0 aliphatic rings. The van der Waals surface area contributed by atoms with Crippen LogP contribution in [0.5, 0.6) is 0 Å². The highest BCUT2D eigenvalue weighted by Crippen LogP contribution is 2.33. The second-order valence-electron chi connectivity index (χ2n) is 3.85. The molecule has 0 aliphatic carbocycles. The lowest BCUT2D eigenvalue weighted by molar-refractivity contribution is 0.590. The van der Waals surface area contributed by atoms with E-state index in [2.05, 4.69) is 45.3 Å². The number of nitrogens with one attached hydrogen (secondary N) is 1. The van der Waals surface area contributed by atoms with Gasteiger partial charge in [-0.1, -0.05) is 45.8 Å². The number of halogens is 2. The molecule has 0 amide bonds. The lowest BCUT2D eigenvalue weighted by atomic mass is 10.2. The minimum absolute atomic E-state index is 0.229. The average molecular weight is 347 g/mol. The van der Waals surface area contributed by atoms with Crippen molar-refractivity contribution in [3.8, 4) is 10.6 Å². The van der Waals surface area contributed by atoms with Gasteiger partial charge in [0.25, 0.3) is 0 Å².